The summed E-state index contributed by atoms with van der Waals surface area (Å²) in [7, 11) is 0. The number of aldehydes is 1. The number of ether oxygens (including phenoxy) is 1. The Balaban J connectivity index is 2.00. The number of unbranched alkanes of at least 4 members (excludes halogenated alkanes) is 3. The van der Waals surface area contributed by atoms with E-state index in [-0.39, 0.29) is 6.10 Å². The van der Waals surface area contributed by atoms with Crippen LogP contribution in [-0.2, 0) is 9.53 Å². The topological polar surface area (TPSA) is 26.3 Å². The van der Waals surface area contributed by atoms with E-state index in [2.05, 4.69) is 6.92 Å². The SMILES string of the molecule is CCCCCCC1CCC(C=O)O1. The van der Waals surface area contributed by atoms with Gasteiger partial charge in [0, 0.05) is 0 Å². The molecular weight excluding hydrogens is 164 g/mol. The van der Waals surface area contributed by atoms with Gasteiger partial charge in [-0.3, -0.25) is 0 Å². The summed E-state index contributed by atoms with van der Waals surface area (Å²) in [6, 6.07) is 0. The third kappa shape index (κ3) is 3.90. The van der Waals surface area contributed by atoms with Crippen molar-refractivity contribution in [2.45, 2.75) is 64.1 Å². The minimum absolute atomic E-state index is 0.101. The zero-order valence-electron chi connectivity index (χ0n) is 8.50. The zero-order valence-corrected chi connectivity index (χ0v) is 8.50. The van der Waals surface area contributed by atoms with Gasteiger partial charge in [0.2, 0.25) is 0 Å². The third-order valence-corrected chi connectivity index (χ3v) is 2.67. The van der Waals surface area contributed by atoms with Gasteiger partial charge in [-0.15, -0.1) is 0 Å². The van der Waals surface area contributed by atoms with Gasteiger partial charge in [-0.2, -0.15) is 0 Å². The maximum absolute atomic E-state index is 10.4. The van der Waals surface area contributed by atoms with Crippen LogP contribution in [0.25, 0.3) is 0 Å². The quantitative estimate of drug-likeness (QED) is 0.468. The summed E-state index contributed by atoms with van der Waals surface area (Å²) in [4.78, 5) is 10.4. The molecular formula is C11H20O2. The van der Waals surface area contributed by atoms with Crippen LogP contribution in [0.4, 0.5) is 0 Å². The van der Waals surface area contributed by atoms with Crippen molar-refractivity contribution in [3.8, 4) is 0 Å². The van der Waals surface area contributed by atoms with Gasteiger partial charge >= 0.3 is 0 Å². The molecule has 2 nitrogen and oxygen atoms in total. The highest BCUT2D eigenvalue weighted by Gasteiger charge is 2.23. The number of carbonyl (C=O) groups is 1. The predicted molar refractivity (Wildman–Crippen MR) is 52.7 cm³/mol. The zero-order chi connectivity index (χ0) is 9.52. The molecule has 1 fully saturated rings. The van der Waals surface area contributed by atoms with E-state index < -0.39 is 0 Å². The first-order chi connectivity index (χ1) is 6.36. The lowest BCUT2D eigenvalue weighted by molar-refractivity contribution is -0.117. The van der Waals surface area contributed by atoms with Crippen molar-refractivity contribution in [3.63, 3.8) is 0 Å². The normalized spacial score (nSPS) is 27.8. The molecule has 2 unspecified atom stereocenters. The second kappa shape index (κ2) is 6.14. The Bertz CT molecular complexity index is 145. The molecule has 76 valence electrons. The second-order valence-corrected chi connectivity index (χ2v) is 3.86. The molecule has 0 spiro atoms. The molecule has 0 radical (unpaired) electrons. The van der Waals surface area contributed by atoms with Gasteiger partial charge in [0.15, 0.2) is 0 Å². The van der Waals surface area contributed by atoms with Crippen molar-refractivity contribution >= 4 is 6.29 Å². The molecule has 1 aliphatic rings. The average molecular weight is 184 g/mol. The number of hydrogen-bond donors (Lipinski definition) is 0. The second-order valence-electron chi connectivity index (χ2n) is 3.86. The molecule has 1 heterocycles. The van der Waals surface area contributed by atoms with Crippen molar-refractivity contribution in [1.82, 2.24) is 0 Å². The largest absolute Gasteiger partial charge is 0.368 e. The van der Waals surface area contributed by atoms with Crippen LogP contribution in [0.3, 0.4) is 0 Å². The van der Waals surface area contributed by atoms with Gasteiger partial charge in [-0.1, -0.05) is 32.6 Å². The number of carbonyl (C=O) groups excluding carboxylic acids is 1. The number of rotatable bonds is 6. The fraction of sp³-hybridized carbons (Fsp3) is 0.909. The van der Waals surface area contributed by atoms with Crippen LogP contribution in [0.2, 0.25) is 0 Å². The highest BCUT2D eigenvalue weighted by atomic mass is 16.5. The van der Waals surface area contributed by atoms with E-state index >= 15 is 0 Å². The minimum atomic E-state index is -0.101. The Morgan fingerprint density at radius 2 is 2.15 bits per heavy atom. The summed E-state index contributed by atoms with van der Waals surface area (Å²) >= 11 is 0. The summed E-state index contributed by atoms with van der Waals surface area (Å²) in [5, 5.41) is 0. The fourth-order valence-electron chi connectivity index (χ4n) is 1.84. The molecule has 0 aliphatic carbocycles. The van der Waals surface area contributed by atoms with Crippen molar-refractivity contribution in [2.75, 3.05) is 0 Å². The van der Waals surface area contributed by atoms with Crippen LogP contribution in [0.5, 0.6) is 0 Å². The molecule has 0 N–H and O–H groups in total. The Morgan fingerprint density at radius 3 is 2.77 bits per heavy atom. The fourth-order valence-corrected chi connectivity index (χ4v) is 1.84. The van der Waals surface area contributed by atoms with Gasteiger partial charge in [-0.05, 0) is 19.3 Å². The highest BCUT2D eigenvalue weighted by molar-refractivity contribution is 5.56. The highest BCUT2D eigenvalue weighted by Crippen LogP contribution is 2.22. The predicted octanol–water partition coefficient (Wildman–Crippen LogP) is 2.70. The van der Waals surface area contributed by atoms with E-state index in [4.69, 9.17) is 4.74 Å². The van der Waals surface area contributed by atoms with Gasteiger partial charge in [0.25, 0.3) is 0 Å². The van der Waals surface area contributed by atoms with E-state index in [0.717, 1.165) is 25.5 Å². The van der Waals surface area contributed by atoms with Crippen molar-refractivity contribution < 1.29 is 9.53 Å². The Morgan fingerprint density at radius 1 is 1.31 bits per heavy atom. The van der Waals surface area contributed by atoms with E-state index in [1.807, 2.05) is 0 Å². The van der Waals surface area contributed by atoms with Crippen LogP contribution in [0.15, 0.2) is 0 Å². The molecule has 0 amide bonds. The molecule has 2 atom stereocenters. The molecule has 0 saturated carbocycles. The molecule has 13 heavy (non-hydrogen) atoms. The standard InChI is InChI=1S/C11H20O2/c1-2-3-4-5-6-10-7-8-11(9-12)13-10/h9-11H,2-8H2,1H3. The first kappa shape index (κ1) is 10.7. The van der Waals surface area contributed by atoms with Gasteiger partial charge < -0.3 is 9.53 Å². The summed E-state index contributed by atoms with van der Waals surface area (Å²) < 4.78 is 5.52. The molecule has 2 heteroatoms. The lowest BCUT2D eigenvalue weighted by Gasteiger charge is -2.09. The summed E-state index contributed by atoms with van der Waals surface area (Å²) in [5.41, 5.74) is 0. The van der Waals surface area contributed by atoms with Crippen molar-refractivity contribution in [1.29, 1.82) is 0 Å². The van der Waals surface area contributed by atoms with E-state index in [9.17, 15) is 4.79 Å². The van der Waals surface area contributed by atoms with E-state index in [1.54, 1.807) is 0 Å². The summed E-state index contributed by atoms with van der Waals surface area (Å²) in [5.74, 6) is 0. The minimum Gasteiger partial charge on any atom is -0.368 e. The molecule has 1 aliphatic heterocycles. The molecule has 1 saturated heterocycles. The molecule has 0 aromatic carbocycles. The molecule has 0 bridgehead atoms. The summed E-state index contributed by atoms with van der Waals surface area (Å²) in [6.07, 6.45) is 9.52. The lowest BCUT2D eigenvalue weighted by atomic mass is 10.1. The Kier molecular flexibility index (Phi) is 5.06. The third-order valence-electron chi connectivity index (χ3n) is 2.67. The maximum Gasteiger partial charge on any atom is 0.148 e. The van der Waals surface area contributed by atoms with Crippen LogP contribution < -0.4 is 0 Å². The van der Waals surface area contributed by atoms with Gasteiger partial charge in [0.1, 0.15) is 12.4 Å². The Hall–Kier alpha value is -0.370. The first-order valence-corrected chi connectivity index (χ1v) is 5.47. The van der Waals surface area contributed by atoms with Crippen LogP contribution >= 0.6 is 0 Å². The van der Waals surface area contributed by atoms with Crippen molar-refractivity contribution in [2.24, 2.45) is 0 Å². The average Bonchev–Trinajstić information content (AvgIpc) is 2.60. The molecule has 1 rings (SSSR count). The van der Waals surface area contributed by atoms with Crippen LogP contribution in [0, 0.1) is 0 Å². The van der Waals surface area contributed by atoms with E-state index in [0.29, 0.717) is 6.10 Å². The summed E-state index contributed by atoms with van der Waals surface area (Å²) in [6.45, 7) is 2.22. The van der Waals surface area contributed by atoms with E-state index in [1.165, 1.54) is 25.7 Å². The van der Waals surface area contributed by atoms with Crippen LogP contribution in [0.1, 0.15) is 51.9 Å². The monoisotopic (exact) mass is 184 g/mol. The number of hydrogen-bond acceptors (Lipinski definition) is 2. The first-order valence-electron chi connectivity index (χ1n) is 5.47. The van der Waals surface area contributed by atoms with Crippen molar-refractivity contribution in [3.05, 3.63) is 0 Å². The van der Waals surface area contributed by atoms with Gasteiger partial charge in [-0.25, -0.2) is 0 Å². The molecule has 0 aromatic rings. The smallest absolute Gasteiger partial charge is 0.148 e. The maximum atomic E-state index is 10.4. The van der Waals surface area contributed by atoms with Crippen LogP contribution in [-0.4, -0.2) is 18.5 Å². The van der Waals surface area contributed by atoms with Gasteiger partial charge in [0.05, 0.1) is 6.10 Å². The lowest BCUT2D eigenvalue weighted by Crippen LogP contribution is -2.11. The Labute approximate surface area is 80.7 Å². The molecule has 0 aromatic heterocycles.